The minimum atomic E-state index is -3.57. The van der Waals surface area contributed by atoms with Crippen molar-refractivity contribution in [3.05, 3.63) is 12.5 Å². The maximum Gasteiger partial charge on any atom is 0.262 e. The molecule has 0 bridgehead atoms. The molecule has 1 fully saturated rings. The van der Waals surface area contributed by atoms with Gasteiger partial charge in [-0.25, -0.2) is 13.4 Å². The van der Waals surface area contributed by atoms with Gasteiger partial charge in [0.15, 0.2) is 5.03 Å². The number of nitrogens with zero attached hydrogens (tertiary/aromatic N) is 3. The number of sulfonamides is 1. The largest absolute Gasteiger partial charge is 0.374 e. The highest BCUT2D eigenvalue weighted by atomic mass is 35.5. The van der Waals surface area contributed by atoms with Gasteiger partial charge < -0.3 is 9.30 Å². The molecule has 1 aromatic heterocycles. The van der Waals surface area contributed by atoms with Gasteiger partial charge in [-0.2, -0.15) is 4.31 Å². The molecule has 1 aliphatic heterocycles. The van der Waals surface area contributed by atoms with Crippen molar-refractivity contribution in [2.45, 2.75) is 24.1 Å². The molecule has 1 aromatic rings. The number of aryl methyl sites for hydroxylation is 1. The molecule has 2 atom stereocenters. The van der Waals surface area contributed by atoms with E-state index < -0.39 is 10.0 Å². The minimum absolute atomic E-state index is 0.0621. The Bertz CT molecular complexity index is 516. The van der Waals surface area contributed by atoms with Gasteiger partial charge in [0.05, 0.1) is 19.0 Å². The van der Waals surface area contributed by atoms with Crippen molar-refractivity contribution in [2.24, 2.45) is 7.05 Å². The van der Waals surface area contributed by atoms with Crippen LogP contribution in [0.1, 0.15) is 6.92 Å². The average molecular weight is 294 g/mol. The molecule has 1 saturated heterocycles. The fourth-order valence-corrected chi connectivity index (χ4v) is 3.67. The fourth-order valence-electron chi connectivity index (χ4n) is 1.86. The van der Waals surface area contributed by atoms with E-state index in [-0.39, 0.29) is 29.6 Å². The highest BCUT2D eigenvalue weighted by molar-refractivity contribution is 7.89. The molecule has 2 rings (SSSR count). The lowest BCUT2D eigenvalue weighted by Crippen LogP contribution is -2.51. The molecule has 0 N–H and O–H groups in total. The van der Waals surface area contributed by atoms with Gasteiger partial charge in [-0.1, -0.05) is 0 Å². The van der Waals surface area contributed by atoms with Crippen LogP contribution in [0.3, 0.4) is 0 Å². The summed E-state index contributed by atoms with van der Waals surface area (Å²) < 4.78 is 33.3. The second-order valence-corrected chi connectivity index (χ2v) is 6.56. The van der Waals surface area contributed by atoms with Gasteiger partial charge >= 0.3 is 0 Å². The van der Waals surface area contributed by atoms with Crippen molar-refractivity contribution in [3.63, 3.8) is 0 Å². The van der Waals surface area contributed by atoms with Crippen LogP contribution in [0, 0.1) is 0 Å². The molecule has 18 heavy (non-hydrogen) atoms. The Morgan fingerprint density at radius 2 is 2.33 bits per heavy atom. The van der Waals surface area contributed by atoms with E-state index in [4.69, 9.17) is 16.3 Å². The van der Waals surface area contributed by atoms with Gasteiger partial charge in [0.2, 0.25) is 0 Å². The molecule has 6 nitrogen and oxygen atoms in total. The van der Waals surface area contributed by atoms with Crippen molar-refractivity contribution in [3.8, 4) is 0 Å². The zero-order valence-electron chi connectivity index (χ0n) is 10.3. The van der Waals surface area contributed by atoms with Crippen LogP contribution in [0.5, 0.6) is 0 Å². The Hall–Kier alpha value is -0.630. The Labute approximate surface area is 112 Å². The van der Waals surface area contributed by atoms with Gasteiger partial charge in [0.1, 0.15) is 0 Å². The topological polar surface area (TPSA) is 64.4 Å². The van der Waals surface area contributed by atoms with Crippen molar-refractivity contribution >= 4 is 21.6 Å². The van der Waals surface area contributed by atoms with E-state index in [1.165, 1.54) is 16.8 Å². The number of hydrogen-bond donors (Lipinski definition) is 0. The van der Waals surface area contributed by atoms with E-state index in [0.29, 0.717) is 6.61 Å². The van der Waals surface area contributed by atoms with Crippen LogP contribution < -0.4 is 0 Å². The van der Waals surface area contributed by atoms with Gasteiger partial charge in [-0.15, -0.1) is 11.6 Å². The number of ether oxygens (including phenoxy) is 1. The third kappa shape index (κ3) is 2.54. The molecule has 0 aromatic carbocycles. The number of hydrogen-bond acceptors (Lipinski definition) is 4. The Morgan fingerprint density at radius 3 is 2.89 bits per heavy atom. The SMILES string of the molecule is CC1COC(CCl)CN1S(=O)(=O)c1cn(C)cn1. The predicted molar refractivity (Wildman–Crippen MR) is 67.0 cm³/mol. The lowest BCUT2D eigenvalue weighted by molar-refractivity contribution is -0.0152. The van der Waals surface area contributed by atoms with E-state index in [0.717, 1.165) is 0 Å². The maximum atomic E-state index is 12.4. The summed E-state index contributed by atoms with van der Waals surface area (Å²) in [7, 11) is -1.84. The molecular formula is C10H16ClN3O3S. The zero-order valence-corrected chi connectivity index (χ0v) is 11.9. The van der Waals surface area contributed by atoms with Crippen LogP contribution in [-0.2, 0) is 21.8 Å². The summed E-state index contributed by atoms with van der Waals surface area (Å²) in [6.07, 6.45) is 2.70. The average Bonchev–Trinajstić information content (AvgIpc) is 2.77. The quantitative estimate of drug-likeness (QED) is 0.759. The number of aromatic nitrogens is 2. The van der Waals surface area contributed by atoms with Gasteiger partial charge in [-0.3, -0.25) is 0 Å². The lowest BCUT2D eigenvalue weighted by Gasteiger charge is -2.35. The van der Waals surface area contributed by atoms with Crippen LogP contribution >= 0.6 is 11.6 Å². The Morgan fingerprint density at radius 1 is 1.61 bits per heavy atom. The smallest absolute Gasteiger partial charge is 0.262 e. The van der Waals surface area contributed by atoms with Crippen LogP contribution in [-0.4, -0.2) is 53.5 Å². The lowest BCUT2D eigenvalue weighted by atomic mass is 10.2. The van der Waals surface area contributed by atoms with Crippen molar-refractivity contribution in [2.75, 3.05) is 19.0 Å². The van der Waals surface area contributed by atoms with Crippen molar-refractivity contribution in [1.29, 1.82) is 0 Å². The highest BCUT2D eigenvalue weighted by Crippen LogP contribution is 2.21. The summed E-state index contributed by atoms with van der Waals surface area (Å²) in [5.41, 5.74) is 0. The van der Waals surface area contributed by atoms with Crippen molar-refractivity contribution in [1.82, 2.24) is 13.9 Å². The molecular weight excluding hydrogens is 278 g/mol. The van der Waals surface area contributed by atoms with Gasteiger partial charge in [-0.05, 0) is 6.92 Å². The highest BCUT2D eigenvalue weighted by Gasteiger charge is 2.36. The Balaban J connectivity index is 2.28. The first kappa shape index (κ1) is 13.8. The first-order chi connectivity index (χ1) is 8.45. The van der Waals surface area contributed by atoms with E-state index in [2.05, 4.69) is 4.98 Å². The molecule has 0 radical (unpaired) electrons. The van der Waals surface area contributed by atoms with Crippen molar-refractivity contribution < 1.29 is 13.2 Å². The van der Waals surface area contributed by atoms with Gasteiger partial charge in [0.25, 0.3) is 10.0 Å². The normalized spacial score (nSPS) is 26.4. The molecule has 0 amide bonds. The molecule has 0 aliphatic carbocycles. The number of alkyl halides is 1. The number of halogens is 1. The molecule has 0 saturated carbocycles. The van der Waals surface area contributed by atoms with Crippen LogP contribution in [0.15, 0.2) is 17.6 Å². The minimum Gasteiger partial charge on any atom is -0.374 e. The number of rotatable bonds is 3. The first-order valence-corrected chi connectivity index (χ1v) is 7.60. The zero-order chi connectivity index (χ0) is 13.3. The second kappa shape index (κ2) is 5.16. The second-order valence-electron chi connectivity index (χ2n) is 4.41. The van der Waals surface area contributed by atoms with E-state index in [9.17, 15) is 8.42 Å². The predicted octanol–water partition coefficient (Wildman–Crippen LogP) is 0.437. The van der Waals surface area contributed by atoms with Crippen LogP contribution in [0.2, 0.25) is 0 Å². The molecule has 0 spiro atoms. The molecule has 8 heteroatoms. The summed E-state index contributed by atoms with van der Waals surface area (Å²) in [4.78, 5) is 3.91. The van der Waals surface area contributed by atoms with E-state index in [1.54, 1.807) is 11.6 Å². The van der Waals surface area contributed by atoms with Gasteiger partial charge in [0, 0.05) is 31.7 Å². The Kier molecular flexibility index (Phi) is 3.96. The van der Waals surface area contributed by atoms with E-state index in [1.807, 2.05) is 6.92 Å². The molecule has 2 unspecified atom stereocenters. The summed E-state index contributed by atoms with van der Waals surface area (Å²) in [6, 6.07) is -0.212. The summed E-state index contributed by atoms with van der Waals surface area (Å²) in [6.45, 7) is 2.43. The van der Waals surface area contributed by atoms with Crippen LogP contribution in [0.25, 0.3) is 0 Å². The maximum absolute atomic E-state index is 12.4. The monoisotopic (exact) mass is 293 g/mol. The third-order valence-electron chi connectivity index (χ3n) is 2.87. The summed E-state index contributed by atoms with van der Waals surface area (Å²) in [5.74, 6) is 0.279. The number of imidazole rings is 1. The fraction of sp³-hybridized carbons (Fsp3) is 0.700. The van der Waals surface area contributed by atoms with Crippen LogP contribution in [0.4, 0.5) is 0 Å². The molecule has 2 heterocycles. The third-order valence-corrected chi connectivity index (χ3v) is 5.08. The molecule has 102 valence electrons. The standard InChI is InChI=1S/C10H16ClN3O3S/c1-8-6-17-9(3-11)4-14(8)18(15,16)10-5-13(2)7-12-10/h5,7-9H,3-4,6H2,1-2H3. The van der Waals surface area contributed by atoms with E-state index >= 15 is 0 Å². The summed E-state index contributed by atoms with van der Waals surface area (Å²) >= 11 is 5.73. The first-order valence-electron chi connectivity index (χ1n) is 5.62. The number of morpholine rings is 1. The molecule has 1 aliphatic rings. The summed E-state index contributed by atoms with van der Waals surface area (Å²) in [5, 5.41) is 0.0621.